The number of fused-ring (bicyclic) bond motifs is 1. The van der Waals surface area contributed by atoms with E-state index in [1.807, 2.05) is 12.1 Å². The van der Waals surface area contributed by atoms with E-state index in [-0.39, 0.29) is 6.04 Å². The standard InChI is InChI=1S/C16H24N2O2S/c1-12-6-2-3-8-14(12)18-21(19,20)16-10-4-9-15-13(16)7-5-11-17-15/h4,9-10,12,14,17-18H,2-3,5-8,11H2,1H3. The van der Waals surface area contributed by atoms with Gasteiger partial charge < -0.3 is 5.32 Å². The zero-order valence-electron chi connectivity index (χ0n) is 12.6. The molecule has 1 saturated carbocycles. The predicted molar refractivity (Wildman–Crippen MR) is 85.0 cm³/mol. The summed E-state index contributed by atoms with van der Waals surface area (Å²) in [6.07, 6.45) is 6.21. The van der Waals surface area contributed by atoms with E-state index >= 15 is 0 Å². The van der Waals surface area contributed by atoms with Gasteiger partial charge in [-0.15, -0.1) is 0 Å². The first-order chi connectivity index (χ1) is 10.1. The summed E-state index contributed by atoms with van der Waals surface area (Å²) in [5.41, 5.74) is 1.92. The van der Waals surface area contributed by atoms with Gasteiger partial charge in [0.1, 0.15) is 0 Å². The number of benzene rings is 1. The summed E-state index contributed by atoms with van der Waals surface area (Å²) in [6, 6.07) is 5.62. The lowest BCUT2D eigenvalue weighted by Crippen LogP contribution is -2.41. The second-order valence-electron chi connectivity index (χ2n) is 6.30. The molecule has 1 aromatic rings. The van der Waals surface area contributed by atoms with E-state index in [0.29, 0.717) is 10.8 Å². The van der Waals surface area contributed by atoms with Crippen molar-refractivity contribution in [1.82, 2.24) is 4.72 Å². The molecule has 3 rings (SSSR count). The molecule has 1 aromatic carbocycles. The summed E-state index contributed by atoms with van der Waals surface area (Å²) >= 11 is 0. The number of anilines is 1. The fraction of sp³-hybridized carbons (Fsp3) is 0.625. The predicted octanol–water partition coefficient (Wildman–Crippen LogP) is 2.90. The van der Waals surface area contributed by atoms with Gasteiger partial charge in [0.2, 0.25) is 10.0 Å². The van der Waals surface area contributed by atoms with Crippen LogP contribution in [0.3, 0.4) is 0 Å². The van der Waals surface area contributed by atoms with Crippen LogP contribution in [0.5, 0.6) is 0 Å². The molecule has 116 valence electrons. The maximum Gasteiger partial charge on any atom is 0.241 e. The van der Waals surface area contributed by atoms with Crippen molar-refractivity contribution < 1.29 is 8.42 Å². The van der Waals surface area contributed by atoms with Gasteiger partial charge in [-0.05, 0) is 49.3 Å². The van der Waals surface area contributed by atoms with E-state index in [1.54, 1.807) is 6.07 Å². The van der Waals surface area contributed by atoms with Crippen LogP contribution in [0.1, 0.15) is 44.6 Å². The van der Waals surface area contributed by atoms with Gasteiger partial charge in [-0.25, -0.2) is 13.1 Å². The molecule has 1 aliphatic heterocycles. The van der Waals surface area contributed by atoms with Gasteiger partial charge in [-0.3, -0.25) is 0 Å². The Morgan fingerprint density at radius 3 is 2.81 bits per heavy atom. The Kier molecular flexibility index (Phi) is 4.22. The van der Waals surface area contributed by atoms with Crippen molar-refractivity contribution >= 4 is 15.7 Å². The highest BCUT2D eigenvalue weighted by Crippen LogP contribution is 2.30. The lowest BCUT2D eigenvalue weighted by atomic mass is 9.87. The number of rotatable bonds is 3. The Bertz CT molecular complexity index is 613. The summed E-state index contributed by atoms with van der Waals surface area (Å²) < 4.78 is 28.5. The molecule has 1 aliphatic carbocycles. The van der Waals surface area contributed by atoms with Crippen molar-refractivity contribution in [2.75, 3.05) is 11.9 Å². The lowest BCUT2D eigenvalue weighted by Gasteiger charge is -2.30. The molecule has 0 saturated heterocycles. The molecule has 2 N–H and O–H groups in total. The van der Waals surface area contributed by atoms with Crippen LogP contribution in [-0.2, 0) is 16.4 Å². The highest BCUT2D eigenvalue weighted by atomic mass is 32.2. The van der Waals surface area contributed by atoms with Crippen LogP contribution in [0.4, 0.5) is 5.69 Å². The van der Waals surface area contributed by atoms with Crippen LogP contribution in [0.2, 0.25) is 0 Å². The Morgan fingerprint density at radius 1 is 1.19 bits per heavy atom. The number of sulfonamides is 1. The summed E-state index contributed by atoms with van der Waals surface area (Å²) in [4.78, 5) is 0.463. The van der Waals surface area contributed by atoms with Crippen molar-refractivity contribution in [2.45, 2.75) is 56.4 Å². The molecule has 4 nitrogen and oxygen atoms in total. The normalized spacial score (nSPS) is 26.0. The average Bonchev–Trinajstić information content (AvgIpc) is 2.49. The molecular weight excluding hydrogens is 284 g/mol. The van der Waals surface area contributed by atoms with Crippen LogP contribution in [-0.4, -0.2) is 21.0 Å². The third kappa shape index (κ3) is 3.09. The van der Waals surface area contributed by atoms with Crippen molar-refractivity contribution in [2.24, 2.45) is 5.92 Å². The summed E-state index contributed by atoms with van der Waals surface area (Å²) in [5.74, 6) is 0.422. The Hall–Kier alpha value is -1.07. The smallest absolute Gasteiger partial charge is 0.241 e. The van der Waals surface area contributed by atoms with Gasteiger partial charge in [0.15, 0.2) is 0 Å². The minimum atomic E-state index is -3.42. The van der Waals surface area contributed by atoms with Crippen LogP contribution >= 0.6 is 0 Å². The fourth-order valence-corrected chi connectivity index (χ4v) is 5.15. The minimum absolute atomic E-state index is 0.0798. The average molecular weight is 308 g/mol. The molecule has 0 amide bonds. The summed E-state index contributed by atoms with van der Waals surface area (Å²) in [6.45, 7) is 3.07. The van der Waals surface area contributed by atoms with Gasteiger partial charge in [0, 0.05) is 18.3 Å². The molecule has 0 radical (unpaired) electrons. The highest BCUT2D eigenvalue weighted by Gasteiger charge is 2.29. The lowest BCUT2D eigenvalue weighted by molar-refractivity contribution is 0.310. The fourth-order valence-electron chi connectivity index (χ4n) is 3.48. The zero-order chi connectivity index (χ0) is 14.9. The van der Waals surface area contributed by atoms with Gasteiger partial charge in [0.25, 0.3) is 0 Å². The van der Waals surface area contributed by atoms with Crippen molar-refractivity contribution in [3.05, 3.63) is 23.8 Å². The van der Waals surface area contributed by atoms with Gasteiger partial charge in [0.05, 0.1) is 4.90 Å². The minimum Gasteiger partial charge on any atom is -0.385 e. The van der Waals surface area contributed by atoms with E-state index < -0.39 is 10.0 Å². The molecule has 1 fully saturated rings. The summed E-state index contributed by atoms with van der Waals surface area (Å²) in [5, 5.41) is 3.30. The molecule has 5 heteroatoms. The van der Waals surface area contributed by atoms with Crippen LogP contribution < -0.4 is 10.0 Å². The second-order valence-corrected chi connectivity index (χ2v) is 7.98. The van der Waals surface area contributed by atoms with Crippen molar-refractivity contribution in [3.8, 4) is 0 Å². The van der Waals surface area contributed by atoms with Gasteiger partial charge in [-0.2, -0.15) is 0 Å². The maximum absolute atomic E-state index is 12.8. The van der Waals surface area contributed by atoms with E-state index in [1.165, 1.54) is 6.42 Å². The Labute approximate surface area is 127 Å². The molecular formula is C16H24N2O2S. The number of hydrogen-bond acceptors (Lipinski definition) is 3. The SMILES string of the molecule is CC1CCCCC1NS(=O)(=O)c1cccc2c1CCCN2. The van der Waals surface area contributed by atoms with Crippen LogP contribution in [0.25, 0.3) is 0 Å². The molecule has 21 heavy (non-hydrogen) atoms. The molecule has 0 spiro atoms. The van der Waals surface area contributed by atoms with Gasteiger partial charge in [-0.1, -0.05) is 25.8 Å². The highest BCUT2D eigenvalue weighted by molar-refractivity contribution is 7.89. The van der Waals surface area contributed by atoms with Crippen LogP contribution in [0.15, 0.2) is 23.1 Å². The number of hydrogen-bond donors (Lipinski definition) is 2. The zero-order valence-corrected chi connectivity index (χ0v) is 13.4. The topological polar surface area (TPSA) is 58.2 Å². The molecule has 2 atom stereocenters. The van der Waals surface area contributed by atoms with Crippen LogP contribution in [0, 0.1) is 5.92 Å². The second kappa shape index (κ2) is 5.97. The quantitative estimate of drug-likeness (QED) is 0.902. The first kappa shape index (κ1) is 14.9. The largest absolute Gasteiger partial charge is 0.385 e. The molecule has 0 aromatic heterocycles. The third-order valence-corrected chi connectivity index (χ3v) is 6.33. The van der Waals surface area contributed by atoms with Crippen molar-refractivity contribution in [1.29, 1.82) is 0 Å². The Balaban J connectivity index is 1.88. The van der Waals surface area contributed by atoms with E-state index in [9.17, 15) is 8.42 Å². The molecule has 2 aliphatic rings. The van der Waals surface area contributed by atoms with E-state index in [4.69, 9.17) is 0 Å². The first-order valence-corrected chi connectivity index (χ1v) is 9.44. The first-order valence-electron chi connectivity index (χ1n) is 7.96. The van der Waals surface area contributed by atoms with E-state index in [0.717, 1.165) is 49.9 Å². The third-order valence-electron chi connectivity index (χ3n) is 4.76. The van der Waals surface area contributed by atoms with Crippen molar-refractivity contribution in [3.63, 3.8) is 0 Å². The van der Waals surface area contributed by atoms with E-state index in [2.05, 4.69) is 17.0 Å². The maximum atomic E-state index is 12.8. The Morgan fingerprint density at radius 2 is 2.00 bits per heavy atom. The molecule has 0 bridgehead atoms. The molecule has 1 heterocycles. The summed E-state index contributed by atoms with van der Waals surface area (Å²) in [7, 11) is -3.42. The van der Waals surface area contributed by atoms with Gasteiger partial charge >= 0.3 is 0 Å². The monoisotopic (exact) mass is 308 g/mol. The number of nitrogens with one attached hydrogen (secondary N) is 2. The molecule has 2 unspecified atom stereocenters.